The molecule has 2 N–H and O–H groups in total. The van der Waals surface area contributed by atoms with Crippen LogP contribution in [0.5, 0.6) is 5.75 Å². The Bertz CT molecular complexity index is 336. The quantitative estimate of drug-likeness (QED) is 0.827. The summed E-state index contributed by atoms with van der Waals surface area (Å²) in [6.45, 7) is 7.03. The molecule has 1 aromatic carbocycles. The van der Waals surface area contributed by atoms with Gasteiger partial charge in [-0.1, -0.05) is 18.5 Å². The number of benzene rings is 1. The van der Waals surface area contributed by atoms with Crippen molar-refractivity contribution in [3.63, 3.8) is 0 Å². The summed E-state index contributed by atoms with van der Waals surface area (Å²) in [4.78, 5) is 0. The largest absolute Gasteiger partial charge is 0.508 e. The van der Waals surface area contributed by atoms with E-state index in [0.717, 1.165) is 12.0 Å². The fourth-order valence-electron chi connectivity index (χ4n) is 1.16. The van der Waals surface area contributed by atoms with Crippen LogP contribution >= 0.6 is 11.6 Å². The van der Waals surface area contributed by atoms with E-state index in [9.17, 15) is 5.11 Å². The molecule has 0 atom stereocenters. The molecular weight excluding hydrogens is 210 g/mol. The van der Waals surface area contributed by atoms with Crippen LogP contribution in [0.2, 0.25) is 5.02 Å². The van der Waals surface area contributed by atoms with Crippen molar-refractivity contribution in [1.82, 2.24) is 5.32 Å². The summed E-state index contributed by atoms with van der Waals surface area (Å²) < 4.78 is 0. The smallest absolute Gasteiger partial charge is 0.120 e. The minimum absolute atomic E-state index is 0.0781. The third kappa shape index (κ3) is 3.73. The number of rotatable bonds is 4. The monoisotopic (exact) mass is 227 g/mol. The number of hydrogen-bond donors (Lipinski definition) is 2. The topological polar surface area (TPSA) is 32.3 Å². The van der Waals surface area contributed by atoms with Gasteiger partial charge in [0.05, 0.1) is 0 Å². The number of nitrogens with one attached hydrogen (secondary N) is 1. The molecule has 0 aliphatic carbocycles. The van der Waals surface area contributed by atoms with Crippen LogP contribution in [0.3, 0.4) is 0 Å². The fourth-order valence-corrected chi connectivity index (χ4v) is 1.35. The lowest BCUT2D eigenvalue weighted by atomic mass is 10.0. The molecule has 1 rings (SSSR count). The maximum atomic E-state index is 9.61. The third-order valence-corrected chi connectivity index (χ3v) is 2.92. The maximum absolute atomic E-state index is 9.61. The molecule has 1 aromatic rings. The van der Waals surface area contributed by atoms with Crippen LogP contribution in [0.25, 0.3) is 0 Å². The van der Waals surface area contributed by atoms with E-state index < -0.39 is 0 Å². The number of hydrogen-bond acceptors (Lipinski definition) is 2. The lowest BCUT2D eigenvalue weighted by Crippen LogP contribution is -2.37. The first-order valence-corrected chi connectivity index (χ1v) is 5.55. The highest BCUT2D eigenvalue weighted by molar-refractivity contribution is 6.30. The van der Waals surface area contributed by atoms with Gasteiger partial charge in [-0.2, -0.15) is 0 Å². The SMILES string of the molecule is CCC(C)(C)NCc1cc(Cl)ccc1O. The molecule has 0 unspecified atom stereocenters. The highest BCUT2D eigenvalue weighted by Gasteiger charge is 2.14. The first-order valence-electron chi connectivity index (χ1n) is 5.17. The molecule has 0 bridgehead atoms. The van der Waals surface area contributed by atoms with Gasteiger partial charge >= 0.3 is 0 Å². The molecule has 0 amide bonds. The van der Waals surface area contributed by atoms with E-state index in [-0.39, 0.29) is 5.54 Å². The highest BCUT2D eigenvalue weighted by Crippen LogP contribution is 2.22. The lowest BCUT2D eigenvalue weighted by molar-refractivity contribution is 0.369. The molecule has 2 nitrogen and oxygen atoms in total. The van der Waals surface area contributed by atoms with Crippen molar-refractivity contribution in [1.29, 1.82) is 0 Å². The van der Waals surface area contributed by atoms with Crippen LogP contribution in [0.1, 0.15) is 32.8 Å². The van der Waals surface area contributed by atoms with Crippen molar-refractivity contribution in [2.45, 2.75) is 39.3 Å². The standard InChI is InChI=1S/C12H18ClNO/c1-4-12(2,3)14-8-9-7-10(13)5-6-11(9)15/h5-7,14-15H,4,8H2,1-3H3. The van der Waals surface area contributed by atoms with E-state index >= 15 is 0 Å². The van der Waals surface area contributed by atoms with E-state index in [4.69, 9.17) is 11.6 Å². The second kappa shape index (κ2) is 4.86. The summed E-state index contributed by atoms with van der Waals surface area (Å²) in [6, 6.07) is 5.10. The van der Waals surface area contributed by atoms with Crippen molar-refractivity contribution in [3.8, 4) is 5.75 Å². The summed E-state index contributed by atoms with van der Waals surface area (Å²) in [7, 11) is 0. The fraction of sp³-hybridized carbons (Fsp3) is 0.500. The second-order valence-corrected chi connectivity index (χ2v) is 4.80. The van der Waals surface area contributed by atoms with E-state index in [1.54, 1.807) is 18.2 Å². The zero-order valence-corrected chi connectivity index (χ0v) is 10.2. The first kappa shape index (κ1) is 12.3. The number of aromatic hydroxyl groups is 1. The zero-order chi connectivity index (χ0) is 11.5. The van der Waals surface area contributed by atoms with Crippen LogP contribution in [-0.4, -0.2) is 10.6 Å². The summed E-state index contributed by atoms with van der Waals surface area (Å²) in [5, 5.41) is 13.6. The molecule has 3 heteroatoms. The molecule has 15 heavy (non-hydrogen) atoms. The first-order chi connectivity index (χ1) is 6.94. The second-order valence-electron chi connectivity index (χ2n) is 4.36. The van der Waals surface area contributed by atoms with Crippen LogP contribution in [0.4, 0.5) is 0 Å². The molecule has 0 aromatic heterocycles. The summed E-state index contributed by atoms with van der Waals surface area (Å²) in [5.74, 6) is 0.291. The predicted octanol–water partition coefficient (Wildman–Crippen LogP) is 3.32. The molecule has 0 heterocycles. The van der Waals surface area contributed by atoms with Crippen molar-refractivity contribution < 1.29 is 5.11 Å². The van der Waals surface area contributed by atoms with Crippen molar-refractivity contribution in [3.05, 3.63) is 28.8 Å². The van der Waals surface area contributed by atoms with Gasteiger partial charge < -0.3 is 10.4 Å². The van der Waals surface area contributed by atoms with Gasteiger partial charge in [0, 0.05) is 22.7 Å². The Balaban J connectivity index is 2.69. The molecule has 0 fully saturated rings. The van der Waals surface area contributed by atoms with Gasteiger partial charge in [-0.15, -0.1) is 0 Å². The lowest BCUT2D eigenvalue weighted by Gasteiger charge is -2.24. The highest BCUT2D eigenvalue weighted by atomic mass is 35.5. The average Bonchev–Trinajstić information content (AvgIpc) is 2.20. The molecule has 0 saturated heterocycles. The Kier molecular flexibility index (Phi) is 4.00. The summed E-state index contributed by atoms with van der Waals surface area (Å²) >= 11 is 5.86. The number of phenolic OH excluding ortho intramolecular Hbond substituents is 1. The van der Waals surface area contributed by atoms with Crippen LogP contribution in [-0.2, 0) is 6.54 Å². The minimum atomic E-state index is 0.0781. The van der Waals surface area contributed by atoms with Gasteiger partial charge in [-0.3, -0.25) is 0 Å². The molecule has 0 saturated carbocycles. The minimum Gasteiger partial charge on any atom is -0.508 e. The average molecular weight is 228 g/mol. The maximum Gasteiger partial charge on any atom is 0.120 e. The Labute approximate surface area is 96.3 Å². The van der Waals surface area contributed by atoms with Gasteiger partial charge in [0.25, 0.3) is 0 Å². The summed E-state index contributed by atoms with van der Waals surface area (Å²) in [5.41, 5.74) is 0.915. The Morgan fingerprint density at radius 3 is 2.67 bits per heavy atom. The number of halogens is 1. The van der Waals surface area contributed by atoms with Crippen molar-refractivity contribution in [2.24, 2.45) is 0 Å². The van der Waals surface area contributed by atoms with E-state index in [2.05, 4.69) is 26.1 Å². The van der Waals surface area contributed by atoms with E-state index in [0.29, 0.717) is 17.3 Å². The Hall–Kier alpha value is -0.730. The van der Waals surface area contributed by atoms with Crippen LogP contribution in [0, 0.1) is 0 Å². The van der Waals surface area contributed by atoms with Gasteiger partial charge in [-0.05, 0) is 38.5 Å². The normalized spacial score (nSPS) is 11.7. The van der Waals surface area contributed by atoms with Gasteiger partial charge in [0.15, 0.2) is 0 Å². The van der Waals surface area contributed by atoms with E-state index in [1.165, 1.54) is 0 Å². The van der Waals surface area contributed by atoms with E-state index in [1.807, 2.05) is 0 Å². The Morgan fingerprint density at radius 2 is 2.07 bits per heavy atom. The summed E-state index contributed by atoms with van der Waals surface area (Å²) in [6.07, 6.45) is 1.04. The van der Waals surface area contributed by atoms with Gasteiger partial charge in [0.2, 0.25) is 0 Å². The molecule has 84 valence electrons. The van der Waals surface area contributed by atoms with Crippen LogP contribution < -0.4 is 5.32 Å². The zero-order valence-electron chi connectivity index (χ0n) is 9.47. The van der Waals surface area contributed by atoms with Crippen molar-refractivity contribution >= 4 is 11.6 Å². The molecule has 0 radical (unpaired) electrons. The number of phenols is 1. The molecule has 0 aliphatic rings. The van der Waals surface area contributed by atoms with Gasteiger partial charge in [-0.25, -0.2) is 0 Å². The third-order valence-electron chi connectivity index (χ3n) is 2.68. The van der Waals surface area contributed by atoms with Crippen molar-refractivity contribution in [2.75, 3.05) is 0 Å². The molecule has 0 spiro atoms. The Morgan fingerprint density at radius 1 is 1.40 bits per heavy atom. The predicted molar refractivity (Wildman–Crippen MR) is 64.3 cm³/mol. The molecule has 0 aliphatic heterocycles. The van der Waals surface area contributed by atoms with Crippen LogP contribution in [0.15, 0.2) is 18.2 Å². The van der Waals surface area contributed by atoms with Gasteiger partial charge in [0.1, 0.15) is 5.75 Å². The molecular formula is C12H18ClNO.